The van der Waals surface area contributed by atoms with Gasteiger partial charge in [-0.1, -0.05) is 0 Å². The van der Waals surface area contributed by atoms with Gasteiger partial charge < -0.3 is 10.0 Å². The first kappa shape index (κ1) is 7.95. The average Bonchev–Trinajstić information content (AvgIpc) is 1.93. The van der Waals surface area contributed by atoms with E-state index in [1.165, 1.54) is 0 Å². The summed E-state index contributed by atoms with van der Waals surface area (Å²) < 4.78 is 12.7. The summed E-state index contributed by atoms with van der Waals surface area (Å²) in [5.41, 5.74) is 0. The van der Waals surface area contributed by atoms with Gasteiger partial charge in [0.25, 0.3) is 0 Å². The molecule has 0 saturated carbocycles. The fraction of sp³-hybridized carbons (Fsp3) is 1.00. The van der Waals surface area contributed by atoms with Crippen molar-refractivity contribution >= 4 is 0 Å². The molecule has 3 heteroatoms. The lowest BCUT2D eigenvalue weighted by Crippen LogP contribution is -2.24. The molecule has 0 aliphatic carbocycles. The van der Waals surface area contributed by atoms with Crippen LogP contribution in [-0.4, -0.2) is 42.4 Å². The Hall–Kier alpha value is -0.150. The average molecular weight is 147 g/mol. The number of alkyl halides is 1. The van der Waals surface area contributed by atoms with Gasteiger partial charge in [-0.15, -0.1) is 0 Å². The molecule has 1 rings (SSSR count). The van der Waals surface area contributed by atoms with Gasteiger partial charge >= 0.3 is 0 Å². The third-order valence-electron chi connectivity index (χ3n) is 1.88. The molecule has 1 aliphatic heterocycles. The van der Waals surface area contributed by atoms with Crippen LogP contribution >= 0.6 is 0 Å². The number of nitrogens with zero attached hydrogens (tertiary/aromatic N) is 1. The topological polar surface area (TPSA) is 23.5 Å². The van der Waals surface area contributed by atoms with E-state index in [9.17, 15) is 4.39 Å². The van der Waals surface area contributed by atoms with Gasteiger partial charge in [-0.3, -0.25) is 0 Å². The number of aliphatic hydroxyl groups excluding tert-OH is 1. The Kier molecular flexibility index (Phi) is 2.63. The molecule has 1 N–H and O–H groups in total. The van der Waals surface area contributed by atoms with E-state index in [0.29, 0.717) is 19.4 Å². The maximum absolute atomic E-state index is 12.7. The van der Waals surface area contributed by atoms with Crippen molar-refractivity contribution in [1.82, 2.24) is 4.90 Å². The van der Waals surface area contributed by atoms with Gasteiger partial charge in [-0.25, -0.2) is 4.39 Å². The second-order valence-corrected chi connectivity index (χ2v) is 3.04. The van der Waals surface area contributed by atoms with Gasteiger partial charge in [0.2, 0.25) is 0 Å². The molecule has 60 valence electrons. The van der Waals surface area contributed by atoms with Crippen LogP contribution in [0.25, 0.3) is 0 Å². The summed E-state index contributed by atoms with van der Waals surface area (Å²) in [5, 5.41) is 9.11. The monoisotopic (exact) mass is 147 g/mol. The Morgan fingerprint density at radius 3 is 3.00 bits per heavy atom. The van der Waals surface area contributed by atoms with E-state index in [0.717, 1.165) is 6.54 Å². The van der Waals surface area contributed by atoms with E-state index < -0.39 is 12.3 Å². The fourth-order valence-electron chi connectivity index (χ4n) is 1.29. The molecule has 0 amide bonds. The Labute approximate surface area is 60.6 Å². The molecular weight excluding hydrogens is 133 g/mol. The minimum Gasteiger partial charge on any atom is -0.393 e. The van der Waals surface area contributed by atoms with Crippen molar-refractivity contribution < 1.29 is 9.50 Å². The lowest BCUT2D eigenvalue weighted by Gasteiger charge is -2.12. The smallest absolute Gasteiger partial charge is 0.115 e. The Morgan fingerprint density at radius 2 is 2.30 bits per heavy atom. The zero-order valence-electron chi connectivity index (χ0n) is 6.26. The van der Waals surface area contributed by atoms with Gasteiger partial charge in [-0.2, -0.15) is 0 Å². The van der Waals surface area contributed by atoms with Gasteiger partial charge in [0.05, 0.1) is 6.10 Å². The molecule has 0 aromatic rings. The summed E-state index contributed by atoms with van der Waals surface area (Å²) in [5.74, 6) is 0. The highest BCUT2D eigenvalue weighted by Gasteiger charge is 2.19. The van der Waals surface area contributed by atoms with Crippen molar-refractivity contribution in [2.75, 3.05) is 20.1 Å². The van der Waals surface area contributed by atoms with Crippen LogP contribution in [0, 0.1) is 0 Å². The molecule has 2 atom stereocenters. The first-order valence-corrected chi connectivity index (χ1v) is 3.69. The normalized spacial score (nSPS) is 37.5. The summed E-state index contributed by atoms with van der Waals surface area (Å²) in [6.45, 7) is 1.28. The zero-order chi connectivity index (χ0) is 7.56. The van der Waals surface area contributed by atoms with Gasteiger partial charge in [0.15, 0.2) is 0 Å². The second-order valence-electron chi connectivity index (χ2n) is 3.04. The van der Waals surface area contributed by atoms with Crippen LogP contribution in [0.2, 0.25) is 0 Å². The van der Waals surface area contributed by atoms with Crippen LogP contribution in [0.5, 0.6) is 0 Å². The molecule has 10 heavy (non-hydrogen) atoms. The molecular formula is C7H14FNO. The van der Waals surface area contributed by atoms with Crippen LogP contribution < -0.4 is 0 Å². The van der Waals surface area contributed by atoms with Gasteiger partial charge in [-0.05, 0) is 13.5 Å². The molecule has 1 saturated heterocycles. The minimum absolute atomic E-state index is 0.310. The van der Waals surface area contributed by atoms with Crippen molar-refractivity contribution in [2.45, 2.75) is 25.1 Å². The molecule has 2 nitrogen and oxygen atoms in total. The van der Waals surface area contributed by atoms with Crippen LogP contribution in [-0.2, 0) is 0 Å². The summed E-state index contributed by atoms with van der Waals surface area (Å²) in [4.78, 5) is 1.92. The molecule has 0 bridgehead atoms. The van der Waals surface area contributed by atoms with E-state index in [2.05, 4.69) is 0 Å². The maximum Gasteiger partial charge on any atom is 0.115 e. The first-order valence-electron chi connectivity index (χ1n) is 3.69. The van der Waals surface area contributed by atoms with Crippen LogP contribution in [0.4, 0.5) is 4.39 Å². The van der Waals surface area contributed by atoms with Crippen LogP contribution in [0.3, 0.4) is 0 Å². The highest BCUT2D eigenvalue weighted by atomic mass is 19.1. The van der Waals surface area contributed by atoms with Crippen molar-refractivity contribution in [1.29, 1.82) is 0 Å². The highest BCUT2D eigenvalue weighted by molar-refractivity contribution is 4.72. The van der Waals surface area contributed by atoms with Crippen LogP contribution in [0.15, 0.2) is 0 Å². The van der Waals surface area contributed by atoms with E-state index in [1.54, 1.807) is 0 Å². The number of halogens is 1. The predicted molar refractivity (Wildman–Crippen MR) is 37.6 cm³/mol. The Bertz CT molecular complexity index is 97.8. The Balaban J connectivity index is 2.38. The van der Waals surface area contributed by atoms with Crippen molar-refractivity contribution in [3.63, 3.8) is 0 Å². The molecule has 1 aliphatic rings. The third-order valence-corrected chi connectivity index (χ3v) is 1.88. The SMILES string of the molecule is CN1CCC(O)CC(F)C1. The van der Waals surface area contributed by atoms with E-state index in [4.69, 9.17) is 5.11 Å². The summed E-state index contributed by atoms with van der Waals surface area (Å²) in [6.07, 6.45) is -0.260. The summed E-state index contributed by atoms with van der Waals surface area (Å²) in [7, 11) is 1.88. The molecule has 0 aromatic carbocycles. The lowest BCUT2D eigenvalue weighted by molar-refractivity contribution is 0.133. The predicted octanol–water partition coefficient (Wildman–Crippen LogP) is 0.411. The van der Waals surface area contributed by atoms with Crippen molar-refractivity contribution in [2.24, 2.45) is 0 Å². The number of likely N-dealkylation sites (tertiary alicyclic amines) is 1. The largest absolute Gasteiger partial charge is 0.393 e. The zero-order valence-corrected chi connectivity index (χ0v) is 6.26. The van der Waals surface area contributed by atoms with E-state index >= 15 is 0 Å². The second kappa shape index (κ2) is 3.30. The van der Waals surface area contributed by atoms with E-state index in [-0.39, 0.29) is 0 Å². The Morgan fingerprint density at radius 1 is 1.60 bits per heavy atom. The molecule has 0 spiro atoms. The fourth-order valence-corrected chi connectivity index (χ4v) is 1.29. The summed E-state index contributed by atoms with van der Waals surface area (Å²) >= 11 is 0. The lowest BCUT2D eigenvalue weighted by atomic mass is 10.1. The number of aliphatic hydroxyl groups is 1. The molecule has 0 radical (unpaired) electrons. The minimum atomic E-state index is -0.845. The summed E-state index contributed by atoms with van der Waals surface area (Å²) in [6, 6.07) is 0. The maximum atomic E-state index is 12.7. The third kappa shape index (κ3) is 2.23. The standard InChI is InChI=1S/C7H14FNO/c1-9-3-2-7(10)4-6(8)5-9/h6-7,10H,2-5H2,1H3. The van der Waals surface area contributed by atoms with Crippen molar-refractivity contribution in [3.8, 4) is 0 Å². The highest BCUT2D eigenvalue weighted by Crippen LogP contribution is 2.12. The van der Waals surface area contributed by atoms with E-state index in [1.807, 2.05) is 11.9 Å². The number of hydrogen-bond acceptors (Lipinski definition) is 2. The molecule has 2 unspecified atom stereocenters. The number of hydrogen-bond donors (Lipinski definition) is 1. The quantitative estimate of drug-likeness (QED) is 0.536. The first-order chi connectivity index (χ1) is 4.68. The molecule has 1 fully saturated rings. The van der Waals surface area contributed by atoms with Crippen molar-refractivity contribution in [3.05, 3.63) is 0 Å². The van der Waals surface area contributed by atoms with Gasteiger partial charge in [0.1, 0.15) is 6.17 Å². The number of rotatable bonds is 0. The molecule has 0 aromatic heterocycles. The van der Waals surface area contributed by atoms with Gasteiger partial charge in [0, 0.05) is 19.5 Å². The molecule has 1 heterocycles. The van der Waals surface area contributed by atoms with Crippen LogP contribution in [0.1, 0.15) is 12.8 Å².